The molecule has 1 unspecified atom stereocenters. The Morgan fingerprint density at radius 1 is 1.18 bits per heavy atom. The number of anilines is 1. The van der Waals surface area contributed by atoms with E-state index in [0.29, 0.717) is 0 Å². The molecule has 2 aromatic heterocycles. The van der Waals surface area contributed by atoms with Crippen molar-refractivity contribution in [3.63, 3.8) is 0 Å². The number of carbonyl (C=O) groups is 1. The van der Waals surface area contributed by atoms with E-state index in [2.05, 4.69) is 24.0 Å². The largest absolute Gasteiger partial charge is 0.313 e. The SMILES string of the molecule is CC1CCc2ccccc2N1C(=O)Cn1c(-c2cscn2)nc2ccccc21. The smallest absolute Gasteiger partial charge is 0.247 e. The van der Waals surface area contributed by atoms with Crippen molar-refractivity contribution in [3.05, 3.63) is 65.0 Å². The standard InChI is InChI=1S/C22H20N4OS/c1-15-10-11-16-6-2-4-8-19(16)26(15)21(27)12-25-20-9-5-3-7-17(20)24-22(25)18-13-28-14-23-18/h2-9,13-15H,10-12H2,1H3. The van der Waals surface area contributed by atoms with Gasteiger partial charge in [-0.05, 0) is 43.5 Å². The zero-order valence-corrected chi connectivity index (χ0v) is 16.4. The summed E-state index contributed by atoms with van der Waals surface area (Å²) in [6, 6.07) is 16.3. The topological polar surface area (TPSA) is 51.0 Å². The van der Waals surface area contributed by atoms with E-state index in [0.717, 1.165) is 41.1 Å². The highest BCUT2D eigenvalue weighted by Crippen LogP contribution is 2.32. The third-order valence-electron chi connectivity index (χ3n) is 5.40. The summed E-state index contributed by atoms with van der Waals surface area (Å²) < 4.78 is 2.00. The Morgan fingerprint density at radius 2 is 2.00 bits per heavy atom. The lowest BCUT2D eigenvalue weighted by molar-refractivity contribution is -0.119. The minimum Gasteiger partial charge on any atom is -0.313 e. The zero-order chi connectivity index (χ0) is 19.1. The maximum Gasteiger partial charge on any atom is 0.247 e. The molecular weight excluding hydrogens is 368 g/mol. The molecule has 2 aromatic carbocycles. The van der Waals surface area contributed by atoms with Crippen LogP contribution in [0.25, 0.3) is 22.6 Å². The molecule has 0 saturated heterocycles. The molecule has 5 nitrogen and oxygen atoms in total. The summed E-state index contributed by atoms with van der Waals surface area (Å²) in [6.07, 6.45) is 1.99. The summed E-state index contributed by atoms with van der Waals surface area (Å²) in [4.78, 5) is 24.6. The van der Waals surface area contributed by atoms with Crippen molar-refractivity contribution >= 4 is 34.0 Å². The maximum absolute atomic E-state index is 13.5. The van der Waals surface area contributed by atoms with E-state index in [1.54, 1.807) is 5.51 Å². The van der Waals surface area contributed by atoms with E-state index in [4.69, 9.17) is 4.98 Å². The van der Waals surface area contributed by atoms with Gasteiger partial charge in [-0.3, -0.25) is 4.79 Å². The number of para-hydroxylation sites is 3. The first kappa shape index (κ1) is 17.1. The molecular formula is C22H20N4OS. The van der Waals surface area contributed by atoms with Crippen LogP contribution in [-0.4, -0.2) is 26.5 Å². The van der Waals surface area contributed by atoms with Gasteiger partial charge in [0.25, 0.3) is 0 Å². The highest BCUT2D eigenvalue weighted by molar-refractivity contribution is 7.07. The summed E-state index contributed by atoms with van der Waals surface area (Å²) >= 11 is 1.53. The normalized spacial score (nSPS) is 16.3. The Hall–Kier alpha value is -2.99. The third-order valence-corrected chi connectivity index (χ3v) is 5.99. The number of benzene rings is 2. The van der Waals surface area contributed by atoms with Gasteiger partial charge in [-0.1, -0.05) is 30.3 Å². The molecule has 1 amide bonds. The minimum absolute atomic E-state index is 0.0827. The molecule has 6 heteroatoms. The summed E-state index contributed by atoms with van der Waals surface area (Å²) in [6.45, 7) is 2.37. The van der Waals surface area contributed by atoms with Crippen molar-refractivity contribution in [2.24, 2.45) is 0 Å². The van der Waals surface area contributed by atoms with E-state index >= 15 is 0 Å². The molecule has 0 fully saturated rings. The molecule has 1 aliphatic rings. The molecule has 28 heavy (non-hydrogen) atoms. The molecule has 0 aliphatic carbocycles. The average molecular weight is 388 g/mol. The molecule has 4 aromatic rings. The van der Waals surface area contributed by atoms with Gasteiger partial charge in [0, 0.05) is 17.1 Å². The molecule has 0 saturated carbocycles. The van der Waals surface area contributed by atoms with Gasteiger partial charge in [0.15, 0.2) is 5.82 Å². The molecule has 1 aliphatic heterocycles. The number of carbonyl (C=O) groups excluding carboxylic acids is 1. The van der Waals surface area contributed by atoms with Crippen molar-refractivity contribution in [3.8, 4) is 11.5 Å². The average Bonchev–Trinajstić information content (AvgIpc) is 3.36. The van der Waals surface area contributed by atoms with Gasteiger partial charge in [-0.25, -0.2) is 9.97 Å². The van der Waals surface area contributed by atoms with Crippen molar-refractivity contribution in [2.75, 3.05) is 4.90 Å². The van der Waals surface area contributed by atoms with Crippen molar-refractivity contribution in [2.45, 2.75) is 32.4 Å². The van der Waals surface area contributed by atoms with Crippen LogP contribution in [0.15, 0.2) is 59.4 Å². The number of thiazole rings is 1. The first-order valence-corrected chi connectivity index (χ1v) is 10.4. The van der Waals surface area contributed by atoms with Crippen LogP contribution in [0.2, 0.25) is 0 Å². The van der Waals surface area contributed by atoms with Crippen molar-refractivity contribution in [1.29, 1.82) is 0 Å². The summed E-state index contributed by atoms with van der Waals surface area (Å²) in [7, 11) is 0. The summed E-state index contributed by atoms with van der Waals surface area (Å²) in [5.74, 6) is 0.827. The number of aryl methyl sites for hydroxylation is 1. The number of aromatic nitrogens is 3. The Labute approximate surface area is 167 Å². The lowest BCUT2D eigenvalue weighted by atomic mass is 9.96. The van der Waals surface area contributed by atoms with E-state index in [-0.39, 0.29) is 18.5 Å². The molecule has 3 heterocycles. The minimum atomic E-state index is 0.0827. The lowest BCUT2D eigenvalue weighted by Gasteiger charge is -2.35. The molecule has 140 valence electrons. The second-order valence-electron chi connectivity index (χ2n) is 7.16. The second-order valence-corrected chi connectivity index (χ2v) is 7.88. The first-order chi connectivity index (χ1) is 13.7. The van der Waals surface area contributed by atoms with Crippen LogP contribution < -0.4 is 4.90 Å². The molecule has 5 rings (SSSR count). The monoisotopic (exact) mass is 388 g/mol. The van der Waals surface area contributed by atoms with Gasteiger partial charge in [0.1, 0.15) is 12.2 Å². The quantitative estimate of drug-likeness (QED) is 0.518. The molecule has 0 spiro atoms. The Balaban J connectivity index is 1.57. The highest BCUT2D eigenvalue weighted by atomic mass is 32.1. The number of rotatable bonds is 3. The highest BCUT2D eigenvalue weighted by Gasteiger charge is 2.29. The van der Waals surface area contributed by atoms with E-state index in [9.17, 15) is 4.79 Å². The Kier molecular flexibility index (Phi) is 4.20. The van der Waals surface area contributed by atoms with Gasteiger partial charge in [0.2, 0.25) is 5.91 Å². The molecule has 1 atom stereocenters. The number of nitrogens with zero attached hydrogens (tertiary/aromatic N) is 4. The second kappa shape index (κ2) is 6.87. The predicted octanol–water partition coefficient (Wildman–Crippen LogP) is 4.53. The van der Waals surface area contributed by atoms with Crippen LogP contribution >= 0.6 is 11.3 Å². The van der Waals surface area contributed by atoms with Crippen LogP contribution in [0, 0.1) is 0 Å². The zero-order valence-electron chi connectivity index (χ0n) is 15.6. The number of hydrogen-bond donors (Lipinski definition) is 0. The van der Waals surface area contributed by atoms with Gasteiger partial charge in [-0.15, -0.1) is 11.3 Å². The summed E-state index contributed by atoms with van der Waals surface area (Å²) in [5, 5.41) is 1.97. The van der Waals surface area contributed by atoms with Gasteiger partial charge in [0.05, 0.1) is 16.5 Å². The number of hydrogen-bond acceptors (Lipinski definition) is 4. The maximum atomic E-state index is 13.5. The number of amides is 1. The first-order valence-electron chi connectivity index (χ1n) is 9.46. The van der Waals surface area contributed by atoms with Gasteiger partial charge >= 0.3 is 0 Å². The molecule has 0 radical (unpaired) electrons. The molecule has 0 bridgehead atoms. The number of fused-ring (bicyclic) bond motifs is 2. The fourth-order valence-electron chi connectivity index (χ4n) is 4.03. The van der Waals surface area contributed by atoms with Gasteiger partial charge < -0.3 is 9.47 Å². The van der Waals surface area contributed by atoms with Crippen LogP contribution in [0.5, 0.6) is 0 Å². The van der Waals surface area contributed by atoms with E-state index in [1.807, 2.05) is 51.2 Å². The van der Waals surface area contributed by atoms with Crippen molar-refractivity contribution in [1.82, 2.24) is 14.5 Å². The Morgan fingerprint density at radius 3 is 2.86 bits per heavy atom. The predicted molar refractivity (Wildman–Crippen MR) is 113 cm³/mol. The van der Waals surface area contributed by atoms with Crippen LogP contribution in [-0.2, 0) is 17.8 Å². The van der Waals surface area contributed by atoms with Crippen LogP contribution in [0.4, 0.5) is 5.69 Å². The van der Waals surface area contributed by atoms with Crippen molar-refractivity contribution < 1.29 is 4.79 Å². The Bertz CT molecular complexity index is 1150. The van der Waals surface area contributed by atoms with Crippen LogP contribution in [0.3, 0.4) is 0 Å². The number of imidazole rings is 1. The van der Waals surface area contributed by atoms with E-state index < -0.39 is 0 Å². The third kappa shape index (κ3) is 2.81. The fraction of sp³-hybridized carbons (Fsp3) is 0.227. The van der Waals surface area contributed by atoms with Gasteiger partial charge in [-0.2, -0.15) is 0 Å². The summed E-state index contributed by atoms with van der Waals surface area (Å²) in [5.41, 5.74) is 6.71. The fourth-order valence-corrected chi connectivity index (χ4v) is 4.56. The van der Waals surface area contributed by atoms with E-state index in [1.165, 1.54) is 16.9 Å². The lowest BCUT2D eigenvalue weighted by Crippen LogP contribution is -2.43. The van der Waals surface area contributed by atoms with Crippen LogP contribution in [0.1, 0.15) is 18.9 Å². The molecule has 0 N–H and O–H groups in total.